The fourth-order valence-corrected chi connectivity index (χ4v) is 3.45. The molecule has 3 aromatic rings. The Hall–Kier alpha value is -2.41. The molecule has 0 aliphatic rings. The molecule has 2 aromatic carbocycles. The van der Waals surface area contributed by atoms with Gasteiger partial charge in [-0.15, -0.1) is 0 Å². The Morgan fingerprint density at radius 1 is 0.885 bits per heavy atom. The summed E-state index contributed by atoms with van der Waals surface area (Å²) in [5.41, 5.74) is 7.43. The van der Waals surface area contributed by atoms with Gasteiger partial charge in [-0.3, -0.25) is 0 Å². The van der Waals surface area contributed by atoms with Gasteiger partial charge in [0.15, 0.2) is 6.20 Å². The van der Waals surface area contributed by atoms with Gasteiger partial charge in [-0.25, -0.2) is 4.57 Å². The predicted octanol–water partition coefficient (Wildman–Crippen LogP) is 6.05. The van der Waals surface area contributed by atoms with Crippen LogP contribution in [0.15, 0.2) is 60.8 Å². The number of pyridine rings is 1. The molecule has 0 N–H and O–H groups in total. The highest BCUT2D eigenvalue weighted by atomic mass is 14.9. The van der Waals surface area contributed by atoms with Crippen molar-refractivity contribution in [3.63, 3.8) is 0 Å². The molecule has 0 bridgehead atoms. The van der Waals surface area contributed by atoms with E-state index in [1.165, 1.54) is 27.8 Å². The van der Waals surface area contributed by atoms with E-state index >= 15 is 0 Å². The van der Waals surface area contributed by atoms with Crippen LogP contribution in [0.1, 0.15) is 40.2 Å². The molecule has 0 fully saturated rings. The molecule has 0 unspecified atom stereocenters. The Labute approximate surface area is 161 Å². The number of rotatable bonds is 3. The van der Waals surface area contributed by atoms with Crippen LogP contribution in [-0.4, -0.2) is 0 Å². The predicted molar refractivity (Wildman–Crippen MR) is 111 cm³/mol. The van der Waals surface area contributed by atoms with Crippen molar-refractivity contribution in [2.24, 2.45) is 12.5 Å². The molecule has 26 heavy (non-hydrogen) atoms. The van der Waals surface area contributed by atoms with E-state index in [1.54, 1.807) is 0 Å². The molecule has 134 valence electrons. The number of benzene rings is 2. The smallest absolute Gasteiger partial charge is 0.201 e. The van der Waals surface area contributed by atoms with E-state index in [0.29, 0.717) is 5.56 Å². The second-order valence-corrected chi connectivity index (χ2v) is 8.14. The molecule has 0 aliphatic carbocycles. The Morgan fingerprint density at radius 2 is 1.54 bits per heavy atom. The molecule has 0 atom stereocenters. The zero-order chi connectivity index (χ0) is 20.7. The van der Waals surface area contributed by atoms with E-state index in [2.05, 4.69) is 50.2 Å². The minimum atomic E-state index is -1.40. The normalized spacial score (nSPS) is 13.3. The minimum absolute atomic E-state index is 0.470. The Kier molecular flexibility index (Phi) is 4.30. The summed E-state index contributed by atoms with van der Waals surface area (Å²) in [4.78, 5) is 0. The lowest BCUT2D eigenvalue weighted by Crippen LogP contribution is -2.32. The van der Waals surface area contributed by atoms with E-state index in [1.807, 2.05) is 56.8 Å². The molecule has 1 aromatic heterocycles. The van der Waals surface area contributed by atoms with E-state index in [-0.39, 0.29) is 0 Å². The fraction of sp³-hybridized carbons (Fsp3) is 0.320. The molecule has 1 heteroatoms. The van der Waals surface area contributed by atoms with Crippen LogP contribution in [0.3, 0.4) is 0 Å². The lowest BCUT2D eigenvalue weighted by Gasteiger charge is -2.17. The number of aromatic nitrogens is 1. The van der Waals surface area contributed by atoms with Crippen LogP contribution in [0.4, 0.5) is 0 Å². The van der Waals surface area contributed by atoms with E-state index < -0.39 is 11.8 Å². The minimum Gasteiger partial charge on any atom is -0.201 e. The number of hydrogen-bond acceptors (Lipinski definition) is 0. The number of aryl methyl sites for hydroxylation is 3. The van der Waals surface area contributed by atoms with Crippen molar-refractivity contribution in [1.82, 2.24) is 0 Å². The summed E-state index contributed by atoms with van der Waals surface area (Å²) in [7, 11) is 2.00. The van der Waals surface area contributed by atoms with Gasteiger partial charge in [0.25, 0.3) is 0 Å². The van der Waals surface area contributed by atoms with Crippen molar-refractivity contribution in [1.29, 1.82) is 0 Å². The molecule has 1 heterocycles. The molecular weight excluding hydrogens is 314 g/mol. The zero-order valence-electron chi connectivity index (χ0n) is 18.7. The number of hydrogen-bond donors (Lipinski definition) is 0. The average Bonchev–Trinajstić information content (AvgIpc) is 2.62. The lowest BCUT2D eigenvalue weighted by molar-refractivity contribution is -0.660. The SMILES string of the molecule is [2H]C([2H])(c1ccc(-c2cc(-c3ccccc3)c(C)cc2C)[n+](C)c1)C(C)(C)C. The third kappa shape index (κ3) is 4.04. The first kappa shape index (κ1) is 15.8. The number of nitrogens with zero attached hydrogens (tertiary/aromatic N) is 1. The summed E-state index contributed by atoms with van der Waals surface area (Å²) in [6.07, 6.45) is 0.531. The molecule has 0 aliphatic heterocycles. The van der Waals surface area contributed by atoms with Crippen LogP contribution in [-0.2, 0) is 13.4 Å². The first-order valence-corrected chi connectivity index (χ1v) is 9.19. The van der Waals surface area contributed by atoms with Gasteiger partial charge in [-0.05, 0) is 60.0 Å². The second kappa shape index (κ2) is 7.07. The van der Waals surface area contributed by atoms with E-state index in [9.17, 15) is 0 Å². The van der Waals surface area contributed by atoms with E-state index in [0.717, 1.165) is 5.69 Å². The van der Waals surface area contributed by atoms with Crippen molar-refractivity contribution in [3.8, 4) is 22.4 Å². The van der Waals surface area contributed by atoms with Crippen LogP contribution in [0.5, 0.6) is 0 Å². The quantitative estimate of drug-likeness (QED) is 0.508. The van der Waals surface area contributed by atoms with Crippen LogP contribution < -0.4 is 4.57 Å². The second-order valence-electron chi connectivity index (χ2n) is 8.14. The topological polar surface area (TPSA) is 3.88 Å². The van der Waals surface area contributed by atoms with Crippen molar-refractivity contribution in [2.75, 3.05) is 0 Å². The maximum Gasteiger partial charge on any atom is 0.212 e. The standard InChI is InChI=1S/C25H30N/c1-18-14-19(2)23(15-22(18)21-10-8-7-9-11-21)24-13-12-20(17-26(24)6)16-25(3,4)5/h7-15,17H,16H2,1-6H3/q+1/i16D2. The summed E-state index contributed by atoms with van der Waals surface area (Å²) in [5.74, 6) is 0. The van der Waals surface area contributed by atoms with Gasteiger partial charge in [0.2, 0.25) is 5.69 Å². The van der Waals surface area contributed by atoms with Crippen LogP contribution in [0, 0.1) is 19.3 Å². The summed E-state index contributed by atoms with van der Waals surface area (Å²) in [6.45, 7) is 10.1. The monoisotopic (exact) mass is 346 g/mol. The van der Waals surface area contributed by atoms with E-state index in [4.69, 9.17) is 2.74 Å². The van der Waals surface area contributed by atoms with Crippen LogP contribution in [0.25, 0.3) is 22.4 Å². The van der Waals surface area contributed by atoms with Crippen molar-refractivity contribution >= 4 is 0 Å². The molecule has 1 nitrogen and oxygen atoms in total. The third-order valence-corrected chi connectivity index (χ3v) is 4.58. The van der Waals surface area contributed by atoms with Crippen molar-refractivity contribution in [2.45, 2.75) is 41.0 Å². The molecule has 0 radical (unpaired) electrons. The summed E-state index contributed by atoms with van der Waals surface area (Å²) < 4.78 is 19.2. The molecule has 0 amide bonds. The maximum absolute atomic E-state index is 8.56. The van der Waals surface area contributed by atoms with Crippen LogP contribution in [0.2, 0.25) is 0 Å². The van der Waals surface area contributed by atoms with Gasteiger partial charge in [0.05, 0.1) is 0 Å². The summed E-state index contributed by atoms with van der Waals surface area (Å²) in [6, 6.07) is 18.9. The highest BCUT2D eigenvalue weighted by Crippen LogP contribution is 2.31. The molecule has 0 spiro atoms. The maximum atomic E-state index is 8.56. The Morgan fingerprint density at radius 3 is 2.15 bits per heavy atom. The lowest BCUT2D eigenvalue weighted by atomic mass is 9.88. The highest BCUT2D eigenvalue weighted by molar-refractivity contribution is 5.75. The zero-order valence-corrected chi connectivity index (χ0v) is 16.7. The van der Waals surface area contributed by atoms with Crippen molar-refractivity contribution < 1.29 is 7.31 Å². The Bertz CT molecular complexity index is 999. The summed E-state index contributed by atoms with van der Waals surface area (Å²) in [5, 5.41) is 0. The van der Waals surface area contributed by atoms with Gasteiger partial charge in [-0.2, -0.15) is 0 Å². The highest BCUT2D eigenvalue weighted by Gasteiger charge is 2.18. The molecular formula is C25H30N+. The Balaban J connectivity index is 2.12. The van der Waals surface area contributed by atoms with Gasteiger partial charge >= 0.3 is 0 Å². The average molecular weight is 347 g/mol. The van der Waals surface area contributed by atoms with Crippen molar-refractivity contribution in [3.05, 3.63) is 77.5 Å². The third-order valence-electron chi connectivity index (χ3n) is 4.58. The fourth-order valence-electron chi connectivity index (χ4n) is 3.45. The largest absolute Gasteiger partial charge is 0.212 e. The molecule has 0 saturated carbocycles. The van der Waals surface area contributed by atoms with Gasteiger partial charge < -0.3 is 0 Å². The first-order chi connectivity index (χ1) is 13.0. The molecule has 3 rings (SSSR count). The van der Waals surface area contributed by atoms with Gasteiger partial charge in [0, 0.05) is 19.9 Å². The van der Waals surface area contributed by atoms with Gasteiger partial charge in [-0.1, -0.05) is 57.2 Å². The first-order valence-electron chi connectivity index (χ1n) is 10.2. The molecule has 0 saturated heterocycles. The van der Waals surface area contributed by atoms with Gasteiger partial charge in [0.1, 0.15) is 7.05 Å². The summed E-state index contributed by atoms with van der Waals surface area (Å²) >= 11 is 0. The van der Waals surface area contributed by atoms with Crippen LogP contribution >= 0.6 is 0 Å².